The number of halogens is 1. The van der Waals surface area contributed by atoms with Gasteiger partial charge in [-0.2, -0.15) is 0 Å². The number of amides is 2. The van der Waals surface area contributed by atoms with Gasteiger partial charge in [0.1, 0.15) is 6.04 Å². The third-order valence-corrected chi connectivity index (χ3v) is 7.50. The van der Waals surface area contributed by atoms with Crippen molar-refractivity contribution >= 4 is 35.2 Å². The van der Waals surface area contributed by atoms with Gasteiger partial charge in [0.05, 0.1) is 0 Å². The van der Waals surface area contributed by atoms with Gasteiger partial charge in [0.25, 0.3) is 0 Å². The number of nitrogens with one attached hydrogen (secondary N) is 1. The van der Waals surface area contributed by atoms with Crippen LogP contribution in [0.5, 0.6) is 0 Å². The summed E-state index contributed by atoms with van der Waals surface area (Å²) in [5, 5.41) is 3.80. The Hall–Kier alpha value is -2.76. The second-order valence-corrected chi connectivity index (χ2v) is 10.9. The van der Waals surface area contributed by atoms with E-state index in [-0.39, 0.29) is 11.8 Å². The lowest BCUT2D eigenvalue weighted by molar-refractivity contribution is -0.141. The highest BCUT2D eigenvalue weighted by Crippen LogP contribution is 2.22. The van der Waals surface area contributed by atoms with Crippen molar-refractivity contribution < 1.29 is 9.59 Å². The average molecular weight is 537 g/mol. The van der Waals surface area contributed by atoms with Crippen LogP contribution in [0.1, 0.15) is 49.3 Å². The predicted molar refractivity (Wildman–Crippen MR) is 155 cm³/mol. The zero-order valence-corrected chi connectivity index (χ0v) is 23.4. The van der Waals surface area contributed by atoms with Crippen LogP contribution in [0.15, 0.2) is 83.8 Å². The van der Waals surface area contributed by atoms with Crippen molar-refractivity contribution in [1.82, 2.24) is 10.2 Å². The third-order valence-electron chi connectivity index (χ3n) is 6.15. The van der Waals surface area contributed by atoms with Crippen molar-refractivity contribution in [2.75, 3.05) is 12.3 Å². The standard InChI is InChI=1S/C31H37ClN2O2S/c1-3-4-19-33-31(36)29(22-25-11-6-5-7-12-25)34(23-26-13-8-10-24(2)21-26)30(35)14-9-20-37-28-17-15-27(32)16-18-28/h5-8,10-13,15-18,21,29H,3-4,9,14,19-20,22-23H2,1-2H3,(H,33,36)/t29-/m1/s1. The molecule has 0 spiro atoms. The Kier molecular flexibility index (Phi) is 12.1. The molecule has 0 saturated carbocycles. The summed E-state index contributed by atoms with van der Waals surface area (Å²) in [4.78, 5) is 30.0. The summed E-state index contributed by atoms with van der Waals surface area (Å²) in [7, 11) is 0. The molecule has 0 aliphatic heterocycles. The highest BCUT2D eigenvalue weighted by atomic mass is 35.5. The van der Waals surface area contributed by atoms with E-state index in [0.29, 0.717) is 31.0 Å². The summed E-state index contributed by atoms with van der Waals surface area (Å²) < 4.78 is 0. The molecule has 1 atom stereocenters. The Bertz CT molecular complexity index is 1120. The topological polar surface area (TPSA) is 49.4 Å². The number of unbranched alkanes of at least 4 members (excludes halogenated alkanes) is 1. The second-order valence-electron chi connectivity index (χ2n) is 9.27. The highest BCUT2D eigenvalue weighted by molar-refractivity contribution is 7.99. The zero-order valence-electron chi connectivity index (χ0n) is 21.8. The van der Waals surface area contributed by atoms with E-state index in [1.807, 2.05) is 79.7 Å². The van der Waals surface area contributed by atoms with Gasteiger partial charge >= 0.3 is 0 Å². The van der Waals surface area contributed by atoms with Crippen LogP contribution < -0.4 is 5.32 Å². The van der Waals surface area contributed by atoms with Crippen LogP contribution in [-0.4, -0.2) is 35.1 Å². The van der Waals surface area contributed by atoms with E-state index in [1.54, 1.807) is 16.7 Å². The lowest BCUT2D eigenvalue weighted by atomic mass is 10.0. The van der Waals surface area contributed by atoms with Crippen molar-refractivity contribution in [1.29, 1.82) is 0 Å². The van der Waals surface area contributed by atoms with Crippen molar-refractivity contribution in [2.45, 2.75) is 63.4 Å². The van der Waals surface area contributed by atoms with Crippen LogP contribution in [0, 0.1) is 6.92 Å². The maximum Gasteiger partial charge on any atom is 0.243 e. The van der Waals surface area contributed by atoms with E-state index in [2.05, 4.69) is 18.3 Å². The lowest BCUT2D eigenvalue weighted by Gasteiger charge is -2.32. The largest absolute Gasteiger partial charge is 0.354 e. The molecule has 3 aromatic carbocycles. The quantitative estimate of drug-likeness (QED) is 0.177. The molecular formula is C31H37ClN2O2S. The monoisotopic (exact) mass is 536 g/mol. The smallest absolute Gasteiger partial charge is 0.243 e. The van der Waals surface area contributed by atoms with Gasteiger partial charge in [-0.05, 0) is 60.9 Å². The molecule has 0 aromatic heterocycles. The molecule has 0 aliphatic carbocycles. The Balaban J connectivity index is 1.77. The predicted octanol–water partition coefficient (Wildman–Crippen LogP) is 7.08. The van der Waals surface area contributed by atoms with Gasteiger partial charge in [-0.15, -0.1) is 11.8 Å². The molecule has 0 fully saturated rings. The Morgan fingerprint density at radius 3 is 2.38 bits per heavy atom. The summed E-state index contributed by atoms with van der Waals surface area (Å²) in [6.07, 6.45) is 3.51. The molecule has 0 saturated heterocycles. The van der Waals surface area contributed by atoms with Crippen LogP contribution in [0.3, 0.4) is 0 Å². The number of hydrogen-bond acceptors (Lipinski definition) is 3. The lowest BCUT2D eigenvalue weighted by Crippen LogP contribution is -2.50. The SMILES string of the molecule is CCCCNC(=O)[C@@H](Cc1ccccc1)N(Cc1cccc(C)c1)C(=O)CCCSc1ccc(Cl)cc1. The molecule has 0 unspecified atom stereocenters. The number of carbonyl (C=O) groups is 2. The molecule has 37 heavy (non-hydrogen) atoms. The van der Waals surface area contributed by atoms with Crippen molar-refractivity contribution in [2.24, 2.45) is 0 Å². The fourth-order valence-electron chi connectivity index (χ4n) is 4.16. The number of thioether (sulfide) groups is 1. The number of carbonyl (C=O) groups excluding carboxylic acids is 2. The van der Waals surface area contributed by atoms with E-state index in [4.69, 9.17) is 11.6 Å². The molecule has 3 rings (SSSR count). The maximum absolute atomic E-state index is 13.7. The summed E-state index contributed by atoms with van der Waals surface area (Å²) in [6.45, 7) is 5.17. The first-order valence-corrected chi connectivity index (χ1v) is 14.4. The first-order chi connectivity index (χ1) is 18.0. The van der Waals surface area contributed by atoms with Gasteiger partial charge in [0.15, 0.2) is 0 Å². The minimum absolute atomic E-state index is 0.00443. The molecule has 0 radical (unpaired) electrons. The van der Waals surface area contributed by atoms with Gasteiger partial charge in [-0.3, -0.25) is 9.59 Å². The fraction of sp³-hybridized carbons (Fsp3) is 0.355. The number of aryl methyl sites for hydroxylation is 1. The first kappa shape index (κ1) is 28.8. The molecule has 6 heteroatoms. The number of nitrogens with zero attached hydrogens (tertiary/aromatic N) is 1. The van der Waals surface area contributed by atoms with E-state index >= 15 is 0 Å². The molecule has 196 valence electrons. The highest BCUT2D eigenvalue weighted by Gasteiger charge is 2.30. The maximum atomic E-state index is 13.7. The van der Waals surface area contributed by atoms with E-state index in [0.717, 1.165) is 46.6 Å². The molecular weight excluding hydrogens is 500 g/mol. The number of rotatable bonds is 14. The second kappa shape index (κ2) is 15.5. The summed E-state index contributed by atoms with van der Waals surface area (Å²) in [5.74, 6) is 0.733. The van der Waals surface area contributed by atoms with Crippen molar-refractivity contribution in [3.63, 3.8) is 0 Å². The normalized spacial score (nSPS) is 11.6. The minimum atomic E-state index is -0.573. The van der Waals surface area contributed by atoms with Crippen molar-refractivity contribution in [3.8, 4) is 0 Å². The minimum Gasteiger partial charge on any atom is -0.354 e. The van der Waals surface area contributed by atoms with Crippen LogP contribution in [0.4, 0.5) is 0 Å². The molecule has 0 aliphatic rings. The summed E-state index contributed by atoms with van der Waals surface area (Å²) in [5.41, 5.74) is 3.21. The Morgan fingerprint density at radius 2 is 1.68 bits per heavy atom. The average Bonchev–Trinajstić information content (AvgIpc) is 2.90. The Labute approximate surface area is 230 Å². The van der Waals surface area contributed by atoms with Crippen LogP contribution in [0.2, 0.25) is 5.02 Å². The van der Waals surface area contributed by atoms with E-state index in [9.17, 15) is 9.59 Å². The molecule has 3 aromatic rings. The van der Waals surface area contributed by atoms with Gasteiger partial charge in [-0.25, -0.2) is 0 Å². The van der Waals surface area contributed by atoms with Gasteiger partial charge in [-0.1, -0.05) is 85.1 Å². The number of hydrogen-bond donors (Lipinski definition) is 1. The Morgan fingerprint density at radius 1 is 0.946 bits per heavy atom. The van der Waals surface area contributed by atoms with E-state index < -0.39 is 6.04 Å². The zero-order chi connectivity index (χ0) is 26.5. The molecule has 4 nitrogen and oxygen atoms in total. The molecule has 0 heterocycles. The van der Waals surface area contributed by atoms with E-state index in [1.165, 1.54) is 0 Å². The summed E-state index contributed by atoms with van der Waals surface area (Å²) >= 11 is 7.70. The molecule has 1 N–H and O–H groups in total. The van der Waals surface area contributed by atoms with Crippen LogP contribution >= 0.6 is 23.4 Å². The molecule has 2 amide bonds. The first-order valence-electron chi connectivity index (χ1n) is 13.0. The van der Waals surface area contributed by atoms with Crippen LogP contribution in [0.25, 0.3) is 0 Å². The van der Waals surface area contributed by atoms with Crippen molar-refractivity contribution in [3.05, 3.63) is 101 Å². The van der Waals surface area contributed by atoms with Gasteiger partial charge in [0, 0.05) is 35.8 Å². The summed E-state index contributed by atoms with van der Waals surface area (Å²) in [6, 6.07) is 25.3. The fourth-order valence-corrected chi connectivity index (χ4v) is 5.13. The molecule has 0 bridgehead atoms. The number of benzene rings is 3. The van der Waals surface area contributed by atoms with Gasteiger partial charge < -0.3 is 10.2 Å². The third kappa shape index (κ3) is 9.90. The van der Waals surface area contributed by atoms with Crippen LogP contribution in [-0.2, 0) is 22.6 Å². The van der Waals surface area contributed by atoms with Gasteiger partial charge in [0.2, 0.25) is 11.8 Å².